The summed E-state index contributed by atoms with van der Waals surface area (Å²) >= 11 is 0. The van der Waals surface area contributed by atoms with E-state index in [1.807, 2.05) is 30.5 Å². The van der Waals surface area contributed by atoms with Gasteiger partial charge in [0.2, 0.25) is 11.8 Å². The number of piperidine rings is 2. The van der Waals surface area contributed by atoms with E-state index in [-0.39, 0.29) is 23.8 Å². The van der Waals surface area contributed by atoms with Crippen molar-refractivity contribution in [3.05, 3.63) is 59.4 Å². The molecule has 1 aromatic heterocycles. The number of hydrogen-bond donors (Lipinski definition) is 2. The molecule has 0 spiro atoms. The second-order valence-electron chi connectivity index (χ2n) is 12.5. The Bertz CT molecular complexity index is 1700. The van der Waals surface area contributed by atoms with Gasteiger partial charge >= 0.3 is 0 Å². The summed E-state index contributed by atoms with van der Waals surface area (Å²) in [5.74, 6) is -0.455. The number of amides is 3. The highest BCUT2D eigenvalue weighted by Gasteiger charge is 2.46. The van der Waals surface area contributed by atoms with Crippen LogP contribution in [-0.2, 0) is 21.5 Å². The summed E-state index contributed by atoms with van der Waals surface area (Å²) < 4.78 is 2.06. The first-order valence-electron chi connectivity index (χ1n) is 14.7. The molecule has 4 heterocycles. The number of likely N-dealkylation sites (tertiary alicyclic amines) is 1. The number of benzene rings is 2. The van der Waals surface area contributed by atoms with Crippen LogP contribution in [0, 0.1) is 22.2 Å². The summed E-state index contributed by atoms with van der Waals surface area (Å²) in [6.07, 6.45) is 9.46. The van der Waals surface area contributed by atoms with Crippen molar-refractivity contribution in [2.75, 3.05) is 18.0 Å². The summed E-state index contributed by atoms with van der Waals surface area (Å²) in [7, 11) is 0. The van der Waals surface area contributed by atoms with Crippen LogP contribution in [0.15, 0.2) is 42.7 Å². The van der Waals surface area contributed by atoms with Gasteiger partial charge < -0.3 is 4.90 Å². The van der Waals surface area contributed by atoms with E-state index >= 15 is 0 Å². The molecule has 0 radical (unpaired) electrons. The standard InChI is InChI=1S/C32H33N7O3/c1-31(12-14-37(15-13-31)30(34)32(19-33)10-3-11-32)38-18-20(17-35-38)16-21-6-7-24-27-22(21)4-2-5-23(27)29(42)39(24)25-8-9-26(40)36-28(25)41/h2,4-7,17-18,25,34H,3,8-16H2,1H3,(H,36,40,41). The largest absolute Gasteiger partial charge is 0.359 e. The van der Waals surface area contributed by atoms with Gasteiger partial charge in [0, 0.05) is 43.1 Å². The number of imide groups is 1. The molecular formula is C32H33N7O3. The van der Waals surface area contributed by atoms with Crippen molar-refractivity contribution in [3.63, 3.8) is 0 Å². The average molecular weight is 564 g/mol. The predicted molar refractivity (Wildman–Crippen MR) is 156 cm³/mol. The van der Waals surface area contributed by atoms with Crippen LogP contribution in [0.3, 0.4) is 0 Å². The molecule has 1 saturated carbocycles. The minimum Gasteiger partial charge on any atom is -0.359 e. The van der Waals surface area contributed by atoms with Gasteiger partial charge in [-0.1, -0.05) is 18.2 Å². The van der Waals surface area contributed by atoms with Crippen molar-refractivity contribution in [1.82, 2.24) is 20.0 Å². The fraction of sp³-hybridized carbons (Fsp3) is 0.438. The van der Waals surface area contributed by atoms with Crippen LogP contribution in [0.2, 0.25) is 0 Å². The smallest absolute Gasteiger partial charge is 0.259 e. The molecule has 7 rings (SSSR count). The molecule has 0 bridgehead atoms. The van der Waals surface area contributed by atoms with Crippen LogP contribution in [0.5, 0.6) is 0 Å². The molecule has 3 fully saturated rings. The third-order valence-corrected chi connectivity index (χ3v) is 9.95. The van der Waals surface area contributed by atoms with Gasteiger partial charge in [-0.2, -0.15) is 10.4 Å². The quantitative estimate of drug-likeness (QED) is 0.275. The Kier molecular flexibility index (Phi) is 5.98. The lowest BCUT2D eigenvalue weighted by molar-refractivity contribution is -0.134. The second-order valence-corrected chi connectivity index (χ2v) is 12.5. The van der Waals surface area contributed by atoms with Crippen LogP contribution in [0.25, 0.3) is 10.8 Å². The molecule has 10 nitrogen and oxygen atoms in total. The minimum absolute atomic E-state index is 0.175. The van der Waals surface area contributed by atoms with E-state index < -0.39 is 17.4 Å². The topological polar surface area (TPSA) is 135 Å². The minimum atomic E-state index is -0.704. The van der Waals surface area contributed by atoms with E-state index in [4.69, 9.17) is 10.5 Å². The zero-order valence-corrected chi connectivity index (χ0v) is 23.7. The van der Waals surface area contributed by atoms with E-state index in [0.717, 1.165) is 67.1 Å². The summed E-state index contributed by atoms with van der Waals surface area (Å²) in [5, 5.41) is 27.3. The molecule has 4 aliphatic rings. The van der Waals surface area contributed by atoms with Gasteiger partial charge in [0.25, 0.3) is 5.91 Å². The maximum absolute atomic E-state index is 13.5. The van der Waals surface area contributed by atoms with Crippen molar-refractivity contribution in [2.24, 2.45) is 5.41 Å². The number of hydrogen-bond acceptors (Lipinski definition) is 6. The molecule has 2 saturated heterocycles. The summed E-state index contributed by atoms with van der Waals surface area (Å²) in [6, 6.07) is 11.3. The molecule has 42 heavy (non-hydrogen) atoms. The van der Waals surface area contributed by atoms with Gasteiger partial charge in [-0.25, -0.2) is 0 Å². The van der Waals surface area contributed by atoms with E-state index in [9.17, 15) is 19.6 Å². The number of nitriles is 1. The normalized spacial score (nSPS) is 22.6. The maximum atomic E-state index is 13.5. The fourth-order valence-corrected chi connectivity index (χ4v) is 7.10. The molecule has 1 aliphatic carbocycles. The third-order valence-electron chi connectivity index (χ3n) is 9.95. The Hall–Kier alpha value is -4.52. The average Bonchev–Trinajstić information content (AvgIpc) is 3.55. The monoisotopic (exact) mass is 563 g/mol. The number of carbonyl (C=O) groups excluding carboxylic acids is 3. The third kappa shape index (κ3) is 3.94. The number of nitrogens with one attached hydrogen (secondary N) is 2. The Morgan fingerprint density at radius 3 is 2.62 bits per heavy atom. The van der Waals surface area contributed by atoms with Gasteiger partial charge in [-0.3, -0.25) is 34.7 Å². The molecule has 214 valence electrons. The molecule has 1 atom stereocenters. The van der Waals surface area contributed by atoms with Gasteiger partial charge in [0.05, 0.1) is 23.5 Å². The van der Waals surface area contributed by atoms with Crippen molar-refractivity contribution >= 4 is 40.0 Å². The highest BCUT2D eigenvalue weighted by molar-refractivity contribution is 6.27. The van der Waals surface area contributed by atoms with Gasteiger partial charge in [-0.05, 0) is 74.1 Å². The lowest BCUT2D eigenvalue weighted by Crippen LogP contribution is -2.53. The van der Waals surface area contributed by atoms with E-state index in [2.05, 4.69) is 34.1 Å². The SMILES string of the molecule is CC1(n2cc(Cc3ccc4c5c(cccc35)C(=O)N4C3CCC(=O)NC3=O)cn2)CCN(C(=N)C2(C#N)CCC2)CC1. The van der Waals surface area contributed by atoms with Crippen molar-refractivity contribution in [1.29, 1.82) is 10.7 Å². The van der Waals surface area contributed by atoms with E-state index in [1.54, 1.807) is 11.0 Å². The van der Waals surface area contributed by atoms with Gasteiger partial charge in [0.1, 0.15) is 17.3 Å². The summed E-state index contributed by atoms with van der Waals surface area (Å²) in [6.45, 7) is 3.68. The summed E-state index contributed by atoms with van der Waals surface area (Å²) in [4.78, 5) is 41.4. The van der Waals surface area contributed by atoms with Crippen LogP contribution < -0.4 is 10.2 Å². The Balaban J connectivity index is 1.10. The lowest BCUT2D eigenvalue weighted by atomic mass is 9.68. The highest BCUT2D eigenvalue weighted by atomic mass is 16.2. The zero-order chi connectivity index (χ0) is 29.2. The van der Waals surface area contributed by atoms with Crippen molar-refractivity contribution in [2.45, 2.75) is 69.9 Å². The molecule has 2 N–H and O–H groups in total. The van der Waals surface area contributed by atoms with Gasteiger partial charge in [0.15, 0.2) is 0 Å². The Morgan fingerprint density at radius 1 is 1.14 bits per heavy atom. The lowest BCUT2D eigenvalue weighted by Gasteiger charge is -2.45. The van der Waals surface area contributed by atoms with Crippen molar-refractivity contribution in [3.8, 4) is 6.07 Å². The first-order chi connectivity index (χ1) is 20.2. The molecule has 3 amide bonds. The molecule has 3 aliphatic heterocycles. The Labute approximate surface area is 243 Å². The molecular weight excluding hydrogens is 530 g/mol. The maximum Gasteiger partial charge on any atom is 0.259 e. The van der Waals surface area contributed by atoms with E-state index in [0.29, 0.717) is 29.9 Å². The number of carbonyl (C=O) groups is 3. The second kappa shape index (κ2) is 9.51. The Morgan fingerprint density at radius 2 is 1.93 bits per heavy atom. The van der Waals surface area contributed by atoms with E-state index in [1.165, 1.54) is 0 Å². The molecule has 1 unspecified atom stereocenters. The number of nitrogens with zero attached hydrogens (tertiary/aromatic N) is 5. The van der Waals surface area contributed by atoms with Crippen molar-refractivity contribution < 1.29 is 14.4 Å². The summed E-state index contributed by atoms with van der Waals surface area (Å²) in [5.41, 5.74) is 2.67. The molecule has 3 aromatic rings. The van der Waals surface area contributed by atoms with Gasteiger partial charge in [-0.15, -0.1) is 0 Å². The number of aromatic nitrogens is 2. The number of amidine groups is 1. The fourth-order valence-electron chi connectivity index (χ4n) is 7.10. The first-order valence-corrected chi connectivity index (χ1v) is 14.7. The van der Waals surface area contributed by atoms with Crippen LogP contribution in [0.1, 0.15) is 73.4 Å². The van der Waals surface area contributed by atoms with Crippen LogP contribution in [-0.4, -0.2) is 57.4 Å². The highest BCUT2D eigenvalue weighted by Crippen LogP contribution is 2.44. The number of rotatable bonds is 5. The van der Waals surface area contributed by atoms with Crippen LogP contribution >= 0.6 is 0 Å². The number of anilines is 1. The molecule has 10 heteroatoms. The zero-order valence-electron chi connectivity index (χ0n) is 23.7. The molecule has 2 aromatic carbocycles. The first kappa shape index (κ1) is 26.4. The predicted octanol–water partition coefficient (Wildman–Crippen LogP) is 3.87. The van der Waals surface area contributed by atoms with Crippen LogP contribution in [0.4, 0.5) is 5.69 Å².